The van der Waals surface area contributed by atoms with Crippen LogP contribution >= 0.6 is 11.6 Å². The summed E-state index contributed by atoms with van der Waals surface area (Å²) in [5, 5.41) is 18.8. The number of aromatic nitrogens is 5. The van der Waals surface area contributed by atoms with Gasteiger partial charge >= 0.3 is 6.18 Å². The highest BCUT2D eigenvalue weighted by molar-refractivity contribution is 6.30. The van der Waals surface area contributed by atoms with Gasteiger partial charge in [-0.2, -0.15) is 13.2 Å². The minimum atomic E-state index is -4.61. The smallest absolute Gasteiger partial charge is 0.388 e. The van der Waals surface area contributed by atoms with Crippen LogP contribution in [0.2, 0.25) is 5.02 Å². The Bertz CT molecular complexity index is 1800. The van der Waals surface area contributed by atoms with E-state index in [1.54, 1.807) is 48.5 Å². The Balaban J connectivity index is 1.83. The number of aryl methyl sites for hydroxylation is 1. The molecule has 5 aromatic rings. The molecule has 3 heterocycles. The molecule has 0 amide bonds. The van der Waals surface area contributed by atoms with Gasteiger partial charge in [0.1, 0.15) is 12.3 Å². The molecule has 12 heteroatoms. The normalized spacial score (nSPS) is 11.6. The summed E-state index contributed by atoms with van der Waals surface area (Å²) in [6, 6.07) is 15.3. The van der Waals surface area contributed by atoms with Crippen LogP contribution in [0.5, 0.6) is 0 Å². The largest absolute Gasteiger partial charge is 0.433 e. The van der Waals surface area contributed by atoms with Crippen molar-refractivity contribution >= 4 is 22.9 Å². The molecule has 0 bridgehead atoms. The molecule has 0 spiro atoms. The molecule has 0 atom stereocenters. The van der Waals surface area contributed by atoms with Gasteiger partial charge in [-0.15, -0.1) is 10.2 Å². The van der Waals surface area contributed by atoms with Crippen molar-refractivity contribution in [2.45, 2.75) is 26.3 Å². The Labute approximate surface area is 224 Å². The molecule has 0 unspecified atom stereocenters. The number of nitrogens with zero attached hydrogens (tertiary/aromatic N) is 6. The van der Waals surface area contributed by atoms with E-state index in [-0.39, 0.29) is 29.3 Å². The van der Waals surface area contributed by atoms with Gasteiger partial charge in [-0.1, -0.05) is 54.1 Å². The van der Waals surface area contributed by atoms with Crippen LogP contribution in [0.1, 0.15) is 22.8 Å². The molecule has 0 aliphatic carbocycles. The zero-order valence-corrected chi connectivity index (χ0v) is 21.0. The van der Waals surface area contributed by atoms with Crippen molar-refractivity contribution in [2.75, 3.05) is 0 Å². The van der Waals surface area contributed by atoms with Crippen molar-refractivity contribution in [1.29, 1.82) is 0 Å². The molecule has 0 radical (unpaired) electrons. The molecule has 0 saturated carbocycles. The summed E-state index contributed by atoms with van der Waals surface area (Å²) in [5.74, 6) is 0.0599. The fourth-order valence-electron chi connectivity index (χ4n) is 4.34. The maximum Gasteiger partial charge on any atom is 0.433 e. The molecule has 39 heavy (non-hydrogen) atoms. The number of aliphatic hydroxyl groups is 1. The second kappa shape index (κ2) is 9.98. The van der Waals surface area contributed by atoms with E-state index in [1.807, 2.05) is 0 Å². The van der Waals surface area contributed by atoms with Crippen molar-refractivity contribution in [2.24, 2.45) is 0 Å². The lowest BCUT2D eigenvalue weighted by Crippen LogP contribution is -2.30. The summed E-state index contributed by atoms with van der Waals surface area (Å²) in [6.45, 7) is 7.95. The van der Waals surface area contributed by atoms with Crippen LogP contribution in [0, 0.1) is 13.5 Å². The maximum atomic E-state index is 14.2. The standard InChI is InChI=1S/C27H18ClF3N6O2/c1-15-18(7-12-21(33-15)27(29,30)31)13-36-26(39)24(17-5-10-20(32-2)11-6-17)23(16-3-8-19(28)9-4-16)25-35-34-22(14-38)37(25)36/h3-12,38H,13-14H2,1H3. The SMILES string of the molecule is [C-]#[N+]c1ccc(-c2c(-c3ccc(Cl)cc3)c3nnc(CO)n3n(Cc3ccc(C(F)(F)F)nc3C)c2=O)cc1. The van der Waals surface area contributed by atoms with Crippen LogP contribution < -0.4 is 5.56 Å². The lowest BCUT2D eigenvalue weighted by atomic mass is 9.96. The molecule has 0 aliphatic heterocycles. The molecule has 5 rings (SSSR count). The third-order valence-corrected chi connectivity index (χ3v) is 6.49. The molecule has 1 N–H and O–H groups in total. The van der Waals surface area contributed by atoms with Gasteiger partial charge in [0.2, 0.25) is 0 Å². The van der Waals surface area contributed by atoms with Crippen molar-refractivity contribution < 1.29 is 18.3 Å². The minimum absolute atomic E-state index is 0.0599. The summed E-state index contributed by atoms with van der Waals surface area (Å²) in [7, 11) is 0. The summed E-state index contributed by atoms with van der Waals surface area (Å²) >= 11 is 6.10. The van der Waals surface area contributed by atoms with E-state index >= 15 is 0 Å². The zero-order chi connectivity index (χ0) is 27.9. The number of hydrogen-bond acceptors (Lipinski definition) is 5. The number of pyridine rings is 1. The molecule has 0 aliphatic rings. The van der Waals surface area contributed by atoms with Gasteiger partial charge in [0, 0.05) is 16.3 Å². The van der Waals surface area contributed by atoms with E-state index in [2.05, 4.69) is 20.0 Å². The third-order valence-electron chi connectivity index (χ3n) is 6.23. The molecule has 2 aromatic carbocycles. The highest BCUT2D eigenvalue weighted by Crippen LogP contribution is 2.35. The van der Waals surface area contributed by atoms with Gasteiger partial charge < -0.3 is 5.11 Å². The van der Waals surface area contributed by atoms with Gasteiger partial charge in [-0.25, -0.2) is 19.0 Å². The van der Waals surface area contributed by atoms with Gasteiger partial charge in [0.25, 0.3) is 5.56 Å². The molecule has 8 nitrogen and oxygen atoms in total. The third kappa shape index (κ3) is 4.76. The van der Waals surface area contributed by atoms with Crippen molar-refractivity contribution in [3.05, 3.63) is 110 Å². The molecular formula is C27H18ClF3N6O2. The van der Waals surface area contributed by atoms with Gasteiger partial charge in [-0.05, 0) is 41.8 Å². The Morgan fingerprint density at radius 3 is 2.21 bits per heavy atom. The molecular weight excluding hydrogens is 533 g/mol. The summed E-state index contributed by atoms with van der Waals surface area (Å²) < 4.78 is 42.2. The Morgan fingerprint density at radius 1 is 0.974 bits per heavy atom. The fraction of sp³-hybridized carbons (Fsp3) is 0.148. The van der Waals surface area contributed by atoms with Crippen LogP contribution in [0.4, 0.5) is 18.9 Å². The number of halogens is 4. The highest BCUT2D eigenvalue weighted by atomic mass is 35.5. The van der Waals surface area contributed by atoms with E-state index in [9.17, 15) is 23.1 Å². The van der Waals surface area contributed by atoms with Crippen molar-refractivity contribution in [3.8, 4) is 22.3 Å². The van der Waals surface area contributed by atoms with E-state index in [0.29, 0.717) is 33.0 Å². The first-order chi connectivity index (χ1) is 18.6. The van der Waals surface area contributed by atoms with Gasteiger partial charge in [0.15, 0.2) is 17.2 Å². The zero-order valence-electron chi connectivity index (χ0n) is 20.2. The van der Waals surface area contributed by atoms with E-state index < -0.39 is 24.0 Å². The molecule has 196 valence electrons. The number of alkyl halides is 3. The summed E-state index contributed by atoms with van der Waals surface area (Å²) in [4.78, 5) is 21.3. The quantitative estimate of drug-likeness (QED) is 0.284. The monoisotopic (exact) mass is 550 g/mol. The number of fused-ring (bicyclic) bond motifs is 1. The first-order valence-corrected chi connectivity index (χ1v) is 11.9. The van der Waals surface area contributed by atoms with Crippen LogP contribution in [-0.4, -0.2) is 29.5 Å². The number of benzene rings is 2. The topological polar surface area (TPSA) is 89.7 Å². The Kier molecular flexibility index (Phi) is 6.68. The van der Waals surface area contributed by atoms with Crippen molar-refractivity contribution in [3.63, 3.8) is 0 Å². The predicted octanol–water partition coefficient (Wildman–Crippen LogP) is 5.69. The lowest BCUT2D eigenvalue weighted by molar-refractivity contribution is -0.141. The number of rotatable bonds is 5. The van der Waals surface area contributed by atoms with Crippen LogP contribution in [-0.2, 0) is 19.3 Å². The molecule has 0 saturated heterocycles. The van der Waals surface area contributed by atoms with Crippen LogP contribution in [0.25, 0.3) is 32.7 Å². The Morgan fingerprint density at radius 2 is 1.62 bits per heavy atom. The first-order valence-electron chi connectivity index (χ1n) is 11.5. The maximum absolute atomic E-state index is 14.2. The number of hydrogen-bond donors (Lipinski definition) is 1. The average molecular weight is 551 g/mol. The summed E-state index contributed by atoms with van der Waals surface area (Å²) in [5.41, 5.74) is 1.25. The van der Waals surface area contributed by atoms with Crippen molar-refractivity contribution in [1.82, 2.24) is 24.4 Å². The molecule has 0 fully saturated rings. The summed E-state index contributed by atoms with van der Waals surface area (Å²) in [6.07, 6.45) is -4.61. The van der Waals surface area contributed by atoms with Crippen LogP contribution in [0.15, 0.2) is 65.5 Å². The van der Waals surface area contributed by atoms with Crippen LogP contribution in [0.3, 0.4) is 0 Å². The average Bonchev–Trinajstić information content (AvgIpc) is 3.34. The number of aliphatic hydroxyl groups excluding tert-OH is 1. The van der Waals surface area contributed by atoms with Gasteiger partial charge in [0.05, 0.1) is 18.7 Å². The fourth-order valence-corrected chi connectivity index (χ4v) is 4.46. The molecule has 3 aromatic heterocycles. The lowest BCUT2D eigenvalue weighted by Gasteiger charge is -2.18. The Hall–Kier alpha value is -4.53. The second-order valence-corrected chi connectivity index (χ2v) is 9.06. The second-order valence-electron chi connectivity index (χ2n) is 8.63. The minimum Gasteiger partial charge on any atom is -0.388 e. The van der Waals surface area contributed by atoms with Gasteiger partial charge in [-0.3, -0.25) is 4.79 Å². The van der Waals surface area contributed by atoms with E-state index in [0.717, 1.165) is 6.07 Å². The highest BCUT2D eigenvalue weighted by Gasteiger charge is 2.33. The van der Waals surface area contributed by atoms with E-state index in [4.69, 9.17) is 18.2 Å². The van der Waals surface area contributed by atoms with E-state index in [1.165, 1.54) is 22.2 Å². The predicted molar refractivity (Wildman–Crippen MR) is 138 cm³/mol. The first kappa shape index (κ1) is 26.1.